The Morgan fingerprint density at radius 1 is 1.40 bits per heavy atom. The standard InChI is InChI=1S/C19H28FN3O2/c1-19(8-2-3-9-22-19)18(25)21-13-14-4-5-17(16(20)12-14)23-10-6-15(24)7-11-23/h4-5,12,15,22,24H,2-3,6-11,13H2,1H3,(H,21,25). The topological polar surface area (TPSA) is 64.6 Å². The van der Waals surface area contributed by atoms with Crippen LogP contribution in [0.5, 0.6) is 0 Å². The quantitative estimate of drug-likeness (QED) is 0.777. The molecule has 138 valence electrons. The predicted octanol–water partition coefficient (Wildman–Crippen LogP) is 1.94. The van der Waals surface area contributed by atoms with Gasteiger partial charge in [-0.15, -0.1) is 0 Å². The van der Waals surface area contributed by atoms with E-state index in [1.807, 2.05) is 17.9 Å². The summed E-state index contributed by atoms with van der Waals surface area (Å²) in [6.07, 6.45) is 4.04. The van der Waals surface area contributed by atoms with Gasteiger partial charge in [-0.3, -0.25) is 4.79 Å². The molecule has 0 spiro atoms. The van der Waals surface area contributed by atoms with Crippen molar-refractivity contribution in [3.8, 4) is 0 Å². The van der Waals surface area contributed by atoms with Gasteiger partial charge in [0.25, 0.3) is 0 Å². The second-order valence-corrected chi connectivity index (χ2v) is 7.40. The monoisotopic (exact) mass is 349 g/mol. The van der Waals surface area contributed by atoms with Crippen molar-refractivity contribution < 1.29 is 14.3 Å². The summed E-state index contributed by atoms with van der Waals surface area (Å²) in [4.78, 5) is 14.4. The molecule has 0 saturated carbocycles. The van der Waals surface area contributed by atoms with Crippen LogP contribution in [0.1, 0.15) is 44.6 Å². The fourth-order valence-electron chi connectivity index (χ4n) is 3.65. The second kappa shape index (κ2) is 7.70. The zero-order valence-corrected chi connectivity index (χ0v) is 14.9. The minimum Gasteiger partial charge on any atom is -0.393 e. The average molecular weight is 349 g/mol. The smallest absolute Gasteiger partial charge is 0.240 e. The number of nitrogens with one attached hydrogen (secondary N) is 2. The molecule has 6 heteroatoms. The van der Waals surface area contributed by atoms with Crippen LogP contribution in [0.4, 0.5) is 10.1 Å². The summed E-state index contributed by atoms with van der Waals surface area (Å²) in [6.45, 7) is 4.44. The van der Waals surface area contributed by atoms with Crippen LogP contribution in [-0.2, 0) is 11.3 Å². The minimum absolute atomic E-state index is 0.0262. The Hall–Kier alpha value is -1.66. The van der Waals surface area contributed by atoms with E-state index in [-0.39, 0.29) is 17.8 Å². The van der Waals surface area contributed by atoms with Crippen molar-refractivity contribution in [2.75, 3.05) is 24.5 Å². The van der Waals surface area contributed by atoms with Crippen molar-refractivity contribution in [1.29, 1.82) is 0 Å². The van der Waals surface area contributed by atoms with E-state index in [2.05, 4.69) is 10.6 Å². The van der Waals surface area contributed by atoms with Crippen LogP contribution in [0.15, 0.2) is 18.2 Å². The highest BCUT2D eigenvalue weighted by Crippen LogP contribution is 2.24. The van der Waals surface area contributed by atoms with Gasteiger partial charge in [0, 0.05) is 19.6 Å². The first kappa shape index (κ1) is 18.1. The highest BCUT2D eigenvalue weighted by Gasteiger charge is 2.33. The third-order valence-corrected chi connectivity index (χ3v) is 5.39. The summed E-state index contributed by atoms with van der Waals surface area (Å²) >= 11 is 0. The SMILES string of the molecule is CC1(C(=O)NCc2ccc(N3CCC(O)CC3)c(F)c2)CCCCN1. The zero-order valence-electron chi connectivity index (χ0n) is 14.9. The van der Waals surface area contributed by atoms with Gasteiger partial charge in [0.2, 0.25) is 5.91 Å². The summed E-state index contributed by atoms with van der Waals surface area (Å²) < 4.78 is 14.5. The van der Waals surface area contributed by atoms with Crippen LogP contribution in [-0.4, -0.2) is 42.3 Å². The number of amides is 1. The number of benzene rings is 1. The molecular formula is C19H28FN3O2. The Labute approximate surface area is 148 Å². The molecule has 5 nitrogen and oxygen atoms in total. The van der Waals surface area contributed by atoms with E-state index in [1.165, 1.54) is 6.07 Å². The van der Waals surface area contributed by atoms with Crippen LogP contribution in [0, 0.1) is 5.82 Å². The number of hydrogen-bond donors (Lipinski definition) is 3. The molecule has 0 aliphatic carbocycles. The lowest BCUT2D eigenvalue weighted by Gasteiger charge is -2.33. The molecule has 3 N–H and O–H groups in total. The Morgan fingerprint density at radius 2 is 2.16 bits per heavy atom. The van der Waals surface area contributed by atoms with Gasteiger partial charge in [-0.1, -0.05) is 6.07 Å². The van der Waals surface area contributed by atoms with Crippen LogP contribution in [0.3, 0.4) is 0 Å². The zero-order chi connectivity index (χ0) is 17.9. The van der Waals surface area contributed by atoms with Crippen molar-refractivity contribution >= 4 is 11.6 Å². The average Bonchev–Trinajstić information content (AvgIpc) is 2.61. The Balaban J connectivity index is 1.58. The Kier molecular flexibility index (Phi) is 5.59. The molecule has 2 aliphatic rings. The summed E-state index contributed by atoms with van der Waals surface area (Å²) in [6, 6.07) is 5.13. The highest BCUT2D eigenvalue weighted by atomic mass is 19.1. The number of aliphatic hydroxyl groups excluding tert-OH is 1. The number of anilines is 1. The van der Waals surface area contributed by atoms with Gasteiger partial charge < -0.3 is 20.6 Å². The number of rotatable bonds is 4. The van der Waals surface area contributed by atoms with E-state index < -0.39 is 5.54 Å². The predicted molar refractivity (Wildman–Crippen MR) is 96.0 cm³/mol. The molecule has 1 aromatic rings. The third kappa shape index (κ3) is 4.30. The van der Waals surface area contributed by atoms with Gasteiger partial charge in [-0.05, 0) is 63.3 Å². The first-order valence-corrected chi connectivity index (χ1v) is 9.23. The lowest BCUT2D eigenvalue weighted by molar-refractivity contribution is -0.128. The number of hydrogen-bond acceptors (Lipinski definition) is 4. The van der Waals surface area contributed by atoms with Gasteiger partial charge in [0.15, 0.2) is 0 Å². The van der Waals surface area contributed by atoms with Crippen molar-refractivity contribution in [3.05, 3.63) is 29.6 Å². The van der Waals surface area contributed by atoms with E-state index >= 15 is 0 Å². The molecule has 2 heterocycles. The van der Waals surface area contributed by atoms with E-state index in [0.29, 0.717) is 38.2 Å². The summed E-state index contributed by atoms with van der Waals surface area (Å²) in [7, 11) is 0. The van der Waals surface area contributed by atoms with Crippen molar-refractivity contribution in [3.63, 3.8) is 0 Å². The van der Waals surface area contributed by atoms with Gasteiger partial charge in [-0.2, -0.15) is 0 Å². The number of piperidine rings is 2. The van der Waals surface area contributed by atoms with Gasteiger partial charge in [0.05, 0.1) is 17.3 Å². The second-order valence-electron chi connectivity index (χ2n) is 7.40. The lowest BCUT2D eigenvalue weighted by Crippen LogP contribution is -2.56. The molecule has 1 atom stereocenters. The fourth-order valence-corrected chi connectivity index (χ4v) is 3.65. The molecule has 2 aliphatic heterocycles. The van der Waals surface area contributed by atoms with Crippen molar-refractivity contribution in [2.45, 2.75) is 57.2 Å². The maximum absolute atomic E-state index is 14.5. The maximum atomic E-state index is 14.5. The number of nitrogens with zero attached hydrogens (tertiary/aromatic N) is 1. The van der Waals surface area contributed by atoms with E-state index in [1.54, 1.807) is 6.07 Å². The molecule has 1 amide bonds. The van der Waals surface area contributed by atoms with Crippen molar-refractivity contribution in [2.24, 2.45) is 0 Å². The van der Waals surface area contributed by atoms with Crippen LogP contribution in [0.25, 0.3) is 0 Å². The number of aliphatic hydroxyl groups is 1. The summed E-state index contributed by atoms with van der Waals surface area (Å²) in [5, 5.41) is 15.8. The number of halogens is 1. The summed E-state index contributed by atoms with van der Waals surface area (Å²) in [5.41, 5.74) is 0.805. The largest absolute Gasteiger partial charge is 0.393 e. The molecule has 3 rings (SSSR count). The minimum atomic E-state index is -0.522. The van der Waals surface area contributed by atoms with E-state index in [0.717, 1.165) is 31.4 Å². The molecule has 2 saturated heterocycles. The molecule has 0 bridgehead atoms. The first-order valence-electron chi connectivity index (χ1n) is 9.23. The molecule has 1 aromatic carbocycles. The first-order chi connectivity index (χ1) is 12.0. The van der Waals surface area contributed by atoms with Crippen LogP contribution in [0.2, 0.25) is 0 Å². The van der Waals surface area contributed by atoms with E-state index in [9.17, 15) is 14.3 Å². The maximum Gasteiger partial charge on any atom is 0.240 e. The molecule has 2 fully saturated rings. The van der Waals surface area contributed by atoms with Crippen LogP contribution < -0.4 is 15.5 Å². The molecule has 25 heavy (non-hydrogen) atoms. The molecule has 0 radical (unpaired) electrons. The lowest BCUT2D eigenvalue weighted by atomic mass is 9.90. The Bertz CT molecular complexity index is 609. The number of carbonyl (C=O) groups excluding carboxylic acids is 1. The third-order valence-electron chi connectivity index (χ3n) is 5.39. The van der Waals surface area contributed by atoms with Gasteiger partial charge in [0.1, 0.15) is 5.82 Å². The van der Waals surface area contributed by atoms with Gasteiger partial charge in [-0.25, -0.2) is 4.39 Å². The van der Waals surface area contributed by atoms with Gasteiger partial charge >= 0.3 is 0 Å². The van der Waals surface area contributed by atoms with E-state index in [4.69, 9.17) is 0 Å². The summed E-state index contributed by atoms with van der Waals surface area (Å²) in [5.74, 6) is -0.299. The van der Waals surface area contributed by atoms with Crippen molar-refractivity contribution in [1.82, 2.24) is 10.6 Å². The number of carbonyl (C=O) groups is 1. The molecular weight excluding hydrogens is 321 g/mol. The fraction of sp³-hybridized carbons (Fsp3) is 0.632. The normalized spacial score (nSPS) is 25.0. The molecule has 0 aromatic heterocycles. The Morgan fingerprint density at radius 3 is 2.80 bits per heavy atom. The van der Waals surface area contributed by atoms with Crippen LogP contribution >= 0.6 is 0 Å². The molecule has 1 unspecified atom stereocenters. The highest BCUT2D eigenvalue weighted by molar-refractivity contribution is 5.85.